The van der Waals surface area contributed by atoms with Gasteiger partial charge in [0.15, 0.2) is 17.9 Å². The number of nitrogens with one attached hydrogen (secondary N) is 16. The fourth-order valence-electron chi connectivity index (χ4n) is 11.4. The van der Waals surface area contributed by atoms with Crippen LogP contribution in [0.25, 0.3) is 11.1 Å². The molecule has 588 valence electrons. The van der Waals surface area contributed by atoms with Crippen molar-refractivity contribution in [2.45, 2.75) is 103 Å². The summed E-state index contributed by atoms with van der Waals surface area (Å²) in [6.07, 6.45) is 2.62. The van der Waals surface area contributed by atoms with Crippen molar-refractivity contribution >= 4 is 77.1 Å². The summed E-state index contributed by atoms with van der Waals surface area (Å²) in [6.45, 7) is -2.85. The molecule has 1 aliphatic carbocycles. The summed E-state index contributed by atoms with van der Waals surface area (Å²) in [7, 11) is 1.33. The number of hydrogen-bond donors (Lipinski definition) is 19. The van der Waals surface area contributed by atoms with Gasteiger partial charge in [-0.3, -0.25) is 102 Å². The zero-order chi connectivity index (χ0) is 80.0. The van der Waals surface area contributed by atoms with Crippen molar-refractivity contribution in [2.24, 2.45) is 17.2 Å². The van der Waals surface area contributed by atoms with Gasteiger partial charge in [0.05, 0.1) is 19.6 Å². The number of carbonyl (C=O) groups is 10. The van der Waals surface area contributed by atoms with Crippen LogP contribution in [0.5, 0.6) is 0 Å². The Kier molecular flexibility index (Phi) is 32.2. The van der Waals surface area contributed by atoms with Crippen molar-refractivity contribution in [3.8, 4) is 11.1 Å². The minimum atomic E-state index is -1.47. The first-order valence-electron chi connectivity index (χ1n) is 34.5. The third-order valence-electron chi connectivity index (χ3n) is 17.1. The van der Waals surface area contributed by atoms with Crippen LogP contribution < -0.4 is 104 Å². The number of alkyl carbamates (subject to hydrolysis) is 1. The summed E-state index contributed by atoms with van der Waals surface area (Å²) < 4.78 is 8.30. The average molecular weight is 1520 g/mol. The molecule has 3 heterocycles. The lowest BCUT2D eigenvalue weighted by Crippen LogP contribution is -2.54. The second kappa shape index (κ2) is 41.5. The lowest BCUT2D eigenvalue weighted by molar-refractivity contribution is -0.138. The van der Waals surface area contributed by atoms with Crippen LogP contribution in [0.3, 0.4) is 0 Å². The molecule has 3 unspecified atom stereocenters. The lowest BCUT2D eigenvalue weighted by atomic mass is 9.98. The normalized spacial score (nSPS) is 12.0. The number of rotatable bonds is 41. The molecule has 0 radical (unpaired) electrons. The summed E-state index contributed by atoms with van der Waals surface area (Å²) in [5.41, 5.74) is 15.3. The molecular weight excluding hydrogens is 1430 g/mol. The Balaban J connectivity index is 1.18. The van der Waals surface area contributed by atoms with Crippen LogP contribution in [0.1, 0.15) is 72.3 Å². The molecule has 0 aliphatic heterocycles. The van der Waals surface area contributed by atoms with Gasteiger partial charge in [-0.2, -0.15) is 0 Å². The Morgan fingerprint density at radius 1 is 0.459 bits per heavy atom. The molecule has 0 spiro atoms. The van der Waals surface area contributed by atoms with E-state index in [0.717, 1.165) is 69.2 Å². The Bertz CT molecular complexity index is 4520. The van der Waals surface area contributed by atoms with Crippen LogP contribution in [-0.4, -0.2) is 231 Å². The number of aryl methyl sites for hydroxylation is 3. The van der Waals surface area contributed by atoms with Crippen LogP contribution in [0.2, 0.25) is 0 Å². The van der Waals surface area contributed by atoms with Crippen molar-refractivity contribution in [1.82, 2.24) is 96.5 Å². The quantitative estimate of drug-likeness (QED) is 0.00982. The first kappa shape index (κ1) is 84.7. The van der Waals surface area contributed by atoms with Gasteiger partial charge in [-0.15, -0.1) is 0 Å². The number of nitrogens with zero attached hydrogens (tertiary/aromatic N) is 6. The van der Waals surface area contributed by atoms with Gasteiger partial charge >= 0.3 is 23.2 Å². The number of nitrogens with two attached hydrogens (primary N) is 3. The van der Waals surface area contributed by atoms with Gasteiger partial charge in [-0.1, -0.05) is 48.5 Å². The molecule has 6 rings (SSSR count). The second-order valence-electron chi connectivity index (χ2n) is 25.3. The summed E-state index contributed by atoms with van der Waals surface area (Å²) in [5, 5.41) is 48.3. The fraction of sp³-hybridized carbons (Fsp3) is 0.448. The van der Waals surface area contributed by atoms with E-state index in [4.69, 9.17) is 38.2 Å². The van der Waals surface area contributed by atoms with Gasteiger partial charge in [0.25, 0.3) is 16.7 Å². The number of amides is 10. The number of hydrogen-bond acceptors (Lipinski definition) is 20. The smallest absolute Gasteiger partial charge is 0.407 e. The van der Waals surface area contributed by atoms with Crippen molar-refractivity contribution < 1.29 is 52.7 Å². The van der Waals surface area contributed by atoms with Crippen LogP contribution in [0.15, 0.2) is 95.9 Å². The van der Waals surface area contributed by atoms with E-state index in [1.54, 1.807) is 0 Å². The van der Waals surface area contributed by atoms with Crippen LogP contribution in [0, 0.1) is 37.0 Å². The number of fused-ring (bicyclic) bond motifs is 3. The molecule has 3 atom stereocenters. The van der Waals surface area contributed by atoms with E-state index in [2.05, 4.69) is 68.1 Å². The summed E-state index contributed by atoms with van der Waals surface area (Å²) in [4.78, 5) is 224. The molecule has 42 nitrogen and oxygen atoms in total. The zero-order valence-electron chi connectivity index (χ0n) is 60.6. The maximum atomic E-state index is 14.3. The van der Waals surface area contributed by atoms with E-state index in [9.17, 15) is 76.7 Å². The van der Waals surface area contributed by atoms with Crippen molar-refractivity contribution in [2.75, 3.05) is 92.2 Å². The highest BCUT2D eigenvalue weighted by Crippen LogP contribution is 2.44. The van der Waals surface area contributed by atoms with Gasteiger partial charge in [-0.25, -0.2) is 19.2 Å². The van der Waals surface area contributed by atoms with Gasteiger partial charge in [0, 0.05) is 107 Å². The van der Waals surface area contributed by atoms with Crippen molar-refractivity contribution in [3.63, 3.8) is 0 Å². The Labute approximate surface area is 621 Å². The van der Waals surface area contributed by atoms with E-state index in [1.807, 2.05) is 48.5 Å². The van der Waals surface area contributed by atoms with Gasteiger partial charge in [-0.05, 0) is 81.5 Å². The summed E-state index contributed by atoms with van der Waals surface area (Å²) >= 11 is 0. The van der Waals surface area contributed by atoms with E-state index in [-0.39, 0.29) is 106 Å². The Hall–Kier alpha value is -13.2. The number of likely N-dealkylation sites (N-methyl/N-ethyl adjacent to an activating group) is 1. The predicted octanol–water partition coefficient (Wildman–Crippen LogP) is -7.19. The monoisotopic (exact) mass is 1520 g/mol. The number of aromatic nitrogens is 6. The highest BCUT2D eigenvalue weighted by atomic mass is 16.5. The number of aromatic amines is 3. The molecule has 3 aromatic heterocycles. The number of carbonyl (C=O) groups excluding carboxylic acids is 10. The van der Waals surface area contributed by atoms with Crippen LogP contribution in [0.4, 0.5) is 4.79 Å². The van der Waals surface area contributed by atoms with E-state index in [0.29, 0.717) is 0 Å². The van der Waals surface area contributed by atoms with E-state index in [1.165, 1.54) is 27.8 Å². The van der Waals surface area contributed by atoms with Gasteiger partial charge in [0.1, 0.15) is 44.4 Å². The molecule has 10 amide bonds. The van der Waals surface area contributed by atoms with Crippen LogP contribution >= 0.6 is 0 Å². The molecule has 42 heteroatoms. The molecule has 0 fully saturated rings. The van der Waals surface area contributed by atoms with Crippen molar-refractivity contribution in [3.05, 3.63) is 157 Å². The number of guanidine groups is 3. The van der Waals surface area contributed by atoms with E-state index < -0.39 is 188 Å². The second-order valence-corrected chi connectivity index (χ2v) is 25.3. The minimum absolute atomic E-state index is 0.00655. The average Bonchev–Trinajstić information content (AvgIpc) is 1.61. The van der Waals surface area contributed by atoms with Crippen molar-refractivity contribution in [1.29, 1.82) is 16.2 Å². The molecule has 1 aliphatic rings. The Morgan fingerprint density at radius 3 is 1.09 bits per heavy atom. The van der Waals surface area contributed by atoms with Crippen LogP contribution in [-0.2, 0) is 67.5 Å². The summed E-state index contributed by atoms with van der Waals surface area (Å²) in [5.74, 6) is -9.27. The summed E-state index contributed by atoms with van der Waals surface area (Å²) in [6, 6.07) is 11.3. The lowest BCUT2D eigenvalue weighted by Gasteiger charge is -2.27. The number of ether oxygens (including phenoxy) is 1. The first-order valence-corrected chi connectivity index (χ1v) is 34.5. The Morgan fingerprint density at radius 2 is 0.771 bits per heavy atom. The molecule has 5 aromatic rings. The number of benzene rings is 2. The molecule has 0 saturated heterocycles. The molecule has 22 N–H and O–H groups in total. The predicted molar refractivity (Wildman–Crippen MR) is 394 cm³/mol. The maximum Gasteiger partial charge on any atom is 0.407 e. The number of H-pyrrole nitrogens is 3. The van der Waals surface area contributed by atoms with Gasteiger partial charge < -0.3 is 89.8 Å². The van der Waals surface area contributed by atoms with E-state index >= 15 is 0 Å². The largest absolute Gasteiger partial charge is 0.449 e. The third-order valence-corrected chi connectivity index (χ3v) is 17.1. The highest BCUT2D eigenvalue weighted by Gasteiger charge is 2.32. The molecule has 109 heavy (non-hydrogen) atoms. The standard InChI is InChI=1S/C67H93N25O17/c1-38-28-90(64(105)84-55(38)99)34-52(96)87(31-49(93)81-46(58(102)74-4)16-9-19-77-61(68)69)25-22-75-59(103)47(17-10-20-78-62(70)71)82-50(94)32-88(53(97)35-91-29-39(2)56(100)85-65(91)106)26-23-76-60(104)48(18-11-21-79-63(72)73)83-51(95)33-89(54(98)36-92-30-40(3)57(101)86-66(92)107)27-24-80-67(108)109-37-45-43-14-7-5-12-41(43)42-13-6-8-15-44(42)45/h5-8,12-15,28-30,45-48H,9-11,16-27,31-37H2,1-4H3,(H,74,102)(H,75,103)(H,76,104)(H,80,108)(H,81,93)(H,82,94)(H,83,95)(H4,68,69,77)(H4,70,71,78)(H4,72,73,79)(H,84,99,105)(H,85,100,106)(H,86,101,107). The fourth-order valence-corrected chi connectivity index (χ4v) is 11.4. The SMILES string of the molecule is CNC(=O)C(CCCNC(=N)N)NC(=O)CN(CCNC(=O)C(CCCNC(=N)N)NC(=O)CN(CCNC(=O)C(CCCNC(=N)N)NC(=O)CN(CCNC(=O)OCC1c2ccccc2-c2ccccc21)C(=O)Cn1cc(C)c(=O)[nH]c1=O)C(=O)Cn1cc(C)c(=O)[nH]c1=O)C(=O)Cn1cc(C)c(=O)[nH]c1=O. The highest BCUT2D eigenvalue weighted by molar-refractivity contribution is 5.93. The molecule has 0 saturated carbocycles. The molecule has 0 bridgehead atoms. The first-order chi connectivity index (χ1) is 51.8. The third kappa shape index (κ3) is 26.7. The maximum absolute atomic E-state index is 14.3. The topological polar surface area (TPSA) is 624 Å². The molecule has 2 aromatic carbocycles. The van der Waals surface area contributed by atoms with Gasteiger partial charge in [0.2, 0.25) is 53.2 Å². The zero-order valence-corrected chi connectivity index (χ0v) is 60.6. The molecular formula is C67H93N25O17. The minimum Gasteiger partial charge on any atom is -0.449 e.